The largest absolute Gasteiger partial charge is 0.481 e. The Bertz CT molecular complexity index is 377. The van der Waals surface area contributed by atoms with Crippen LogP contribution in [0.25, 0.3) is 0 Å². The number of carboxylic acids is 1. The predicted octanol–water partition coefficient (Wildman–Crippen LogP) is 1.11. The summed E-state index contributed by atoms with van der Waals surface area (Å²) in [6, 6.07) is -0.195. The van der Waals surface area contributed by atoms with Gasteiger partial charge in [0.1, 0.15) is 0 Å². The molecule has 1 aliphatic carbocycles. The number of hydrogen-bond acceptors (Lipinski definition) is 3. The first-order valence-electron chi connectivity index (χ1n) is 6.75. The number of carbonyl (C=O) groups excluding carboxylic acids is 1. The molecule has 0 aromatic rings. The van der Waals surface area contributed by atoms with Crippen LogP contribution in [-0.2, 0) is 9.53 Å². The van der Waals surface area contributed by atoms with Crippen LogP contribution >= 0.6 is 0 Å². The van der Waals surface area contributed by atoms with Gasteiger partial charge in [-0.2, -0.15) is 0 Å². The van der Waals surface area contributed by atoms with Gasteiger partial charge in [0.25, 0.3) is 0 Å². The molecule has 1 saturated heterocycles. The molecule has 1 heterocycles. The van der Waals surface area contributed by atoms with Gasteiger partial charge in [-0.1, -0.05) is 0 Å². The first-order valence-corrected chi connectivity index (χ1v) is 6.75. The van der Waals surface area contributed by atoms with Gasteiger partial charge in [0, 0.05) is 19.2 Å². The van der Waals surface area contributed by atoms with Crippen molar-refractivity contribution < 1.29 is 19.4 Å². The first kappa shape index (κ1) is 14.1. The number of rotatable bonds is 4. The van der Waals surface area contributed by atoms with E-state index in [2.05, 4.69) is 10.6 Å². The van der Waals surface area contributed by atoms with Gasteiger partial charge in [0.05, 0.1) is 11.0 Å². The zero-order valence-corrected chi connectivity index (χ0v) is 11.5. The molecule has 2 amide bonds. The van der Waals surface area contributed by atoms with Crippen LogP contribution in [0, 0.1) is 5.41 Å². The van der Waals surface area contributed by atoms with Crippen LogP contribution in [0.1, 0.15) is 39.5 Å². The highest BCUT2D eigenvalue weighted by atomic mass is 16.5. The van der Waals surface area contributed by atoms with Crippen LogP contribution in [0.3, 0.4) is 0 Å². The molecule has 0 spiro atoms. The quantitative estimate of drug-likeness (QED) is 0.714. The number of amides is 2. The summed E-state index contributed by atoms with van der Waals surface area (Å²) < 4.78 is 5.58. The van der Waals surface area contributed by atoms with Crippen molar-refractivity contribution in [2.45, 2.75) is 51.2 Å². The van der Waals surface area contributed by atoms with Gasteiger partial charge in [0.15, 0.2) is 0 Å². The topological polar surface area (TPSA) is 87.7 Å². The maximum absolute atomic E-state index is 11.8. The third-order valence-electron chi connectivity index (χ3n) is 3.93. The molecule has 1 unspecified atom stereocenters. The lowest BCUT2D eigenvalue weighted by molar-refractivity contribution is -0.143. The highest BCUT2D eigenvalue weighted by Gasteiger charge is 2.50. The molecule has 2 aliphatic rings. The third-order valence-corrected chi connectivity index (χ3v) is 3.93. The zero-order valence-electron chi connectivity index (χ0n) is 11.5. The Morgan fingerprint density at radius 2 is 2.05 bits per heavy atom. The monoisotopic (exact) mass is 270 g/mol. The van der Waals surface area contributed by atoms with Crippen molar-refractivity contribution in [1.29, 1.82) is 0 Å². The summed E-state index contributed by atoms with van der Waals surface area (Å²) >= 11 is 0. The molecule has 6 heteroatoms. The van der Waals surface area contributed by atoms with Crippen molar-refractivity contribution in [1.82, 2.24) is 10.6 Å². The van der Waals surface area contributed by atoms with Gasteiger partial charge in [-0.15, -0.1) is 0 Å². The normalized spacial score (nSPS) is 27.4. The summed E-state index contributed by atoms with van der Waals surface area (Å²) in [5.41, 5.74) is -0.929. The van der Waals surface area contributed by atoms with Crippen molar-refractivity contribution in [3.8, 4) is 0 Å². The molecule has 6 nitrogen and oxygen atoms in total. The summed E-state index contributed by atoms with van der Waals surface area (Å²) in [7, 11) is 0. The maximum atomic E-state index is 11.8. The van der Waals surface area contributed by atoms with Crippen molar-refractivity contribution in [3.63, 3.8) is 0 Å². The molecule has 108 valence electrons. The van der Waals surface area contributed by atoms with E-state index in [9.17, 15) is 9.59 Å². The zero-order chi connectivity index (χ0) is 14.1. The average molecular weight is 270 g/mol. The van der Waals surface area contributed by atoms with Crippen LogP contribution in [-0.4, -0.2) is 41.9 Å². The van der Waals surface area contributed by atoms with Crippen LogP contribution in [0.2, 0.25) is 0 Å². The Balaban J connectivity index is 1.74. The van der Waals surface area contributed by atoms with E-state index in [0.29, 0.717) is 19.4 Å². The number of aliphatic carboxylic acids is 1. The number of carbonyl (C=O) groups is 2. The molecule has 19 heavy (non-hydrogen) atoms. The minimum Gasteiger partial charge on any atom is -0.481 e. The molecule has 2 fully saturated rings. The lowest BCUT2D eigenvalue weighted by Crippen LogP contribution is -2.50. The minimum absolute atomic E-state index is 0.0868. The van der Waals surface area contributed by atoms with E-state index < -0.39 is 11.4 Å². The van der Waals surface area contributed by atoms with Gasteiger partial charge in [-0.3, -0.25) is 4.79 Å². The van der Waals surface area contributed by atoms with Gasteiger partial charge in [0.2, 0.25) is 0 Å². The van der Waals surface area contributed by atoms with Crippen molar-refractivity contribution in [2.75, 3.05) is 13.2 Å². The van der Waals surface area contributed by atoms with E-state index in [4.69, 9.17) is 9.84 Å². The fraction of sp³-hybridized carbons (Fsp3) is 0.846. The second-order valence-corrected chi connectivity index (χ2v) is 6.21. The van der Waals surface area contributed by atoms with Crippen LogP contribution in [0.15, 0.2) is 0 Å². The lowest BCUT2D eigenvalue weighted by Gasteiger charge is -2.35. The molecule has 2 rings (SSSR count). The van der Waals surface area contributed by atoms with E-state index in [1.807, 2.05) is 13.8 Å². The molecule has 0 aromatic carbocycles. The van der Waals surface area contributed by atoms with Gasteiger partial charge < -0.3 is 20.5 Å². The SMILES string of the molecule is CC1(C)CC(NC(=O)NCC2(C(=O)O)CC2)CCO1. The molecule has 0 bridgehead atoms. The fourth-order valence-corrected chi connectivity index (χ4v) is 2.46. The molecule has 0 aromatic heterocycles. The summed E-state index contributed by atoms with van der Waals surface area (Å²) in [5.74, 6) is -0.819. The van der Waals surface area contributed by atoms with Crippen LogP contribution in [0.5, 0.6) is 0 Å². The smallest absolute Gasteiger partial charge is 0.315 e. The third kappa shape index (κ3) is 3.59. The van der Waals surface area contributed by atoms with E-state index in [1.165, 1.54) is 0 Å². The Morgan fingerprint density at radius 1 is 1.37 bits per heavy atom. The minimum atomic E-state index is -0.819. The number of nitrogens with one attached hydrogen (secondary N) is 2. The maximum Gasteiger partial charge on any atom is 0.315 e. The molecule has 1 atom stereocenters. The van der Waals surface area contributed by atoms with E-state index in [-0.39, 0.29) is 24.2 Å². The average Bonchev–Trinajstić information content (AvgIpc) is 3.06. The Morgan fingerprint density at radius 3 is 2.58 bits per heavy atom. The molecular weight excluding hydrogens is 248 g/mol. The fourth-order valence-electron chi connectivity index (χ4n) is 2.46. The van der Waals surface area contributed by atoms with Gasteiger partial charge >= 0.3 is 12.0 Å². The van der Waals surface area contributed by atoms with E-state index >= 15 is 0 Å². The van der Waals surface area contributed by atoms with Crippen LogP contribution < -0.4 is 10.6 Å². The Labute approximate surface area is 112 Å². The van der Waals surface area contributed by atoms with Crippen molar-refractivity contribution >= 4 is 12.0 Å². The predicted molar refractivity (Wildman–Crippen MR) is 68.9 cm³/mol. The highest BCUT2D eigenvalue weighted by molar-refractivity contribution is 5.80. The molecule has 0 radical (unpaired) electrons. The highest BCUT2D eigenvalue weighted by Crippen LogP contribution is 2.45. The molecular formula is C13H22N2O4. The molecule has 1 aliphatic heterocycles. The summed E-state index contributed by atoms with van der Waals surface area (Å²) in [6.45, 7) is 4.85. The van der Waals surface area contributed by atoms with Gasteiger partial charge in [-0.05, 0) is 39.5 Å². The Hall–Kier alpha value is -1.30. The Kier molecular flexibility index (Phi) is 3.71. The lowest BCUT2D eigenvalue weighted by atomic mass is 9.94. The van der Waals surface area contributed by atoms with Crippen molar-refractivity contribution in [3.05, 3.63) is 0 Å². The van der Waals surface area contributed by atoms with Crippen molar-refractivity contribution in [2.24, 2.45) is 5.41 Å². The van der Waals surface area contributed by atoms with Gasteiger partial charge in [-0.25, -0.2) is 4.79 Å². The van der Waals surface area contributed by atoms with E-state index in [0.717, 1.165) is 12.8 Å². The van der Waals surface area contributed by atoms with Crippen LogP contribution in [0.4, 0.5) is 4.79 Å². The molecule has 1 saturated carbocycles. The molecule has 3 N–H and O–H groups in total. The summed E-state index contributed by atoms with van der Waals surface area (Å²) in [5, 5.41) is 14.6. The second-order valence-electron chi connectivity index (χ2n) is 6.21. The number of urea groups is 1. The standard InChI is InChI=1S/C13H22N2O4/c1-12(2)7-9(3-6-19-12)15-11(18)14-8-13(4-5-13)10(16)17/h9H,3-8H2,1-2H3,(H,16,17)(H2,14,15,18). The number of ether oxygens (including phenoxy) is 1. The number of carboxylic acid groups (broad SMARTS) is 1. The number of hydrogen-bond donors (Lipinski definition) is 3. The first-order chi connectivity index (χ1) is 8.83. The second kappa shape index (κ2) is 5.00. The van der Waals surface area contributed by atoms with E-state index in [1.54, 1.807) is 0 Å². The summed E-state index contributed by atoms with van der Waals surface area (Å²) in [6.07, 6.45) is 2.85. The summed E-state index contributed by atoms with van der Waals surface area (Å²) in [4.78, 5) is 22.7.